The lowest BCUT2D eigenvalue weighted by Crippen LogP contribution is -2.23. The lowest BCUT2D eigenvalue weighted by atomic mass is 10.1. The van der Waals surface area contributed by atoms with Gasteiger partial charge >= 0.3 is 0 Å². The van der Waals surface area contributed by atoms with E-state index in [1.165, 1.54) is 12.3 Å². The van der Waals surface area contributed by atoms with Crippen LogP contribution in [-0.2, 0) is 9.53 Å². The van der Waals surface area contributed by atoms with Gasteiger partial charge in [-0.15, -0.1) is 0 Å². The minimum absolute atomic E-state index is 0.281. The van der Waals surface area contributed by atoms with Crippen LogP contribution in [0, 0.1) is 11.3 Å². The number of nitrogens with zero attached hydrogens (tertiary/aromatic N) is 3. The van der Waals surface area contributed by atoms with Crippen molar-refractivity contribution in [1.82, 2.24) is 9.88 Å². The molecule has 0 saturated carbocycles. The SMILES string of the molecule is CCOc1cc2ncc(C#N)c(Nc3cccc(Br)c3)c2cc1NC(=O)C=CCN(C)CCOC. The Morgan fingerprint density at radius 1 is 1.31 bits per heavy atom. The third-order valence-electron chi connectivity index (χ3n) is 5.10. The van der Waals surface area contributed by atoms with E-state index < -0.39 is 0 Å². The number of methoxy groups -OCH3 is 1. The maximum atomic E-state index is 12.7. The van der Waals surface area contributed by atoms with Crippen LogP contribution < -0.4 is 15.4 Å². The number of nitriles is 1. The number of carbonyl (C=O) groups is 1. The fourth-order valence-electron chi connectivity index (χ4n) is 3.37. The number of hydrogen-bond donors (Lipinski definition) is 2. The fourth-order valence-corrected chi connectivity index (χ4v) is 3.77. The van der Waals surface area contributed by atoms with Crippen molar-refractivity contribution in [2.75, 3.05) is 51.1 Å². The molecule has 0 saturated heterocycles. The second-order valence-electron chi connectivity index (χ2n) is 7.74. The third kappa shape index (κ3) is 7.26. The molecule has 0 aliphatic carbocycles. The topological polar surface area (TPSA) is 99.5 Å². The van der Waals surface area contributed by atoms with Crippen molar-refractivity contribution in [3.63, 3.8) is 0 Å². The third-order valence-corrected chi connectivity index (χ3v) is 5.60. The Balaban J connectivity index is 1.94. The highest BCUT2D eigenvalue weighted by Gasteiger charge is 2.15. The summed E-state index contributed by atoms with van der Waals surface area (Å²) in [5, 5.41) is 16.6. The first kappa shape index (κ1) is 26.2. The maximum absolute atomic E-state index is 12.7. The van der Waals surface area contributed by atoms with Crippen molar-refractivity contribution in [3.05, 3.63) is 64.8 Å². The van der Waals surface area contributed by atoms with E-state index in [4.69, 9.17) is 9.47 Å². The van der Waals surface area contributed by atoms with Crippen LogP contribution in [0.15, 0.2) is 59.2 Å². The van der Waals surface area contributed by atoms with Crippen molar-refractivity contribution < 1.29 is 14.3 Å². The summed E-state index contributed by atoms with van der Waals surface area (Å²) in [6.45, 7) is 4.30. The second-order valence-corrected chi connectivity index (χ2v) is 8.65. The van der Waals surface area contributed by atoms with Crippen LogP contribution in [0.4, 0.5) is 17.1 Å². The van der Waals surface area contributed by atoms with Gasteiger partial charge in [-0.25, -0.2) is 0 Å². The lowest BCUT2D eigenvalue weighted by molar-refractivity contribution is -0.111. The number of likely N-dealkylation sites (N-methyl/N-ethyl adjacent to an activating group) is 1. The molecule has 0 atom stereocenters. The molecule has 0 spiro atoms. The number of ether oxygens (including phenoxy) is 2. The molecule has 0 unspecified atom stereocenters. The molecule has 0 radical (unpaired) electrons. The number of amides is 1. The Hall–Kier alpha value is -3.45. The lowest BCUT2D eigenvalue weighted by Gasteiger charge is -2.16. The van der Waals surface area contributed by atoms with E-state index >= 15 is 0 Å². The number of fused-ring (bicyclic) bond motifs is 1. The molecule has 0 bridgehead atoms. The van der Waals surface area contributed by atoms with Gasteiger partial charge in [-0.1, -0.05) is 28.1 Å². The second kappa shape index (κ2) is 12.9. The summed E-state index contributed by atoms with van der Waals surface area (Å²) in [6.07, 6.45) is 4.81. The molecule has 2 aromatic carbocycles. The molecule has 9 heteroatoms. The number of aromatic nitrogens is 1. The molecule has 3 aromatic rings. The standard InChI is InChI=1S/C26H28BrN5O3/c1-4-35-24-15-22-21(14-23(24)31-25(33)9-6-10-32(2)11-12-34-3)26(18(16-28)17-29-22)30-20-8-5-7-19(27)13-20/h5-9,13-15,17H,4,10-12H2,1-3H3,(H,29,30)(H,31,33). The highest BCUT2D eigenvalue weighted by molar-refractivity contribution is 9.10. The summed E-state index contributed by atoms with van der Waals surface area (Å²) in [5.74, 6) is 0.223. The predicted octanol–water partition coefficient (Wildman–Crippen LogP) is 5.08. The zero-order valence-electron chi connectivity index (χ0n) is 20.0. The van der Waals surface area contributed by atoms with Gasteiger partial charge in [0.15, 0.2) is 0 Å². The molecule has 1 amide bonds. The van der Waals surface area contributed by atoms with Gasteiger partial charge in [0.2, 0.25) is 5.91 Å². The van der Waals surface area contributed by atoms with Crippen molar-refractivity contribution in [2.24, 2.45) is 0 Å². The zero-order valence-corrected chi connectivity index (χ0v) is 21.6. The first-order valence-electron chi connectivity index (χ1n) is 11.1. The first-order valence-corrected chi connectivity index (χ1v) is 11.9. The Morgan fingerprint density at radius 2 is 2.14 bits per heavy atom. The minimum atomic E-state index is -0.281. The summed E-state index contributed by atoms with van der Waals surface area (Å²) >= 11 is 3.47. The van der Waals surface area contributed by atoms with Crippen LogP contribution in [0.5, 0.6) is 5.75 Å². The van der Waals surface area contributed by atoms with Crippen LogP contribution in [0.25, 0.3) is 10.9 Å². The minimum Gasteiger partial charge on any atom is -0.492 e. The van der Waals surface area contributed by atoms with Crippen LogP contribution in [-0.4, -0.2) is 56.3 Å². The number of hydrogen-bond acceptors (Lipinski definition) is 7. The number of halogens is 1. The molecule has 35 heavy (non-hydrogen) atoms. The van der Waals surface area contributed by atoms with E-state index in [1.807, 2.05) is 43.1 Å². The van der Waals surface area contributed by atoms with E-state index in [1.54, 1.807) is 25.3 Å². The highest BCUT2D eigenvalue weighted by Crippen LogP contribution is 2.36. The Labute approximate surface area is 213 Å². The van der Waals surface area contributed by atoms with E-state index in [2.05, 4.69) is 37.6 Å². The molecule has 1 heterocycles. The number of rotatable bonds is 11. The molecule has 3 rings (SSSR count). The van der Waals surface area contributed by atoms with Gasteiger partial charge < -0.3 is 25.0 Å². The molecular weight excluding hydrogens is 510 g/mol. The monoisotopic (exact) mass is 537 g/mol. The van der Waals surface area contributed by atoms with Crippen LogP contribution in [0.2, 0.25) is 0 Å². The number of carbonyl (C=O) groups excluding carboxylic acids is 1. The van der Waals surface area contributed by atoms with Crippen LogP contribution in [0.1, 0.15) is 12.5 Å². The molecule has 0 aliphatic heterocycles. The molecule has 8 nitrogen and oxygen atoms in total. The smallest absolute Gasteiger partial charge is 0.248 e. The summed E-state index contributed by atoms with van der Waals surface area (Å²) in [5.41, 5.74) is 2.93. The Morgan fingerprint density at radius 3 is 2.86 bits per heavy atom. The van der Waals surface area contributed by atoms with Crippen molar-refractivity contribution >= 4 is 49.8 Å². The van der Waals surface area contributed by atoms with Crippen molar-refractivity contribution in [2.45, 2.75) is 6.92 Å². The van der Waals surface area contributed by atoms with E-state index in [0.29, 0.717) is 53.3 Å². The molecule has 1 aromatic heterocycles. The summed E-state index contributed by atoms with van der Waals surface area (Å²) < 4.78 is 11.7. The average Bonchev–Trinajstić information content (AvgIpc) is 2.83. The van der Waals surface area contributed by atoms with Gasteiger partial charge in [0.1, 0.15) is 11.8 Å². The molecule has 0 fully saturated rings. The van der Waals surface area contributed by atoms with Crippen LogP contribution in [0.3, 0.4) is 0 Å². The molecule has 2 N–H and O–H groups in total. The molecular formula is C26H28BrN5O3. The van der Waals surface area contributed by atoms with Crippen molar-refractivity contribution in [1.29, 1.82) is 5.26 Å². The van der Waals surface area contributed by atoms with E-state index in [0.717, 1.165) is 16.7 Å². The van der Waals surface area contributed by atoms with Gasteiger partial charge in [0.05, 0.1) is 35.7 Å². The average molecular weight is 538 g/mol. The quantitative estimate of drug-likeness (QED) is 0.329. The number of benzene rings is 2. The largest absolute Gasteiger partial charge is 0.492 e. The fraction of sp³-hybridized carbons (Fsp3) is 0.269. The molecule has 0 aliphatic rings. The van der Waals surface area contributed by atoms with Gasteiger partial charge in [0.25, 0.3) is 0 Å². The van der Waals surface area contributed by atoms with Crippen LogP contribution >= 0.6 is 15.9 Å². The first-order chi connectivity index (χ1) is 16.9. The van der Waals surface area contributed by atoms with Gasteiger partial charge in [0, 0.05) is 54.1 Å². The highest BCUT2D eigenvalue weighted by atomic mass is 79.9. The number of anilines is 3. The van der Waals surface area contributed by atoms with Gasteiger partial charge in [-0.3, -0.25) is 9.78 Å². The normalized spacial score (nSPS) is 11.1. The predicted molar refractivity (Wildman–Crippen MR) is 142 cm³/mol. The number of nitrogens with one attached hydrogen (secondary N) is 2. The zero-order chi connectivity index (χ0) is 25.2. The summed E-state index contributed by atoms with van der Waals surface area (Å²) in [6, 6.07) is 13.4. The Bertz CT molecular complexity index is 1260. The molecule has 182 valence electrons. The van der Waals surface area contributed by atoms with E-state index in [9.17, 15) is 10.1 Å². The van der Waals surface area contributed by atoms with Crippen molar-refractivity contribution in [3.8, 4) is 11.8 Å². The summed E-state index contributed by atoms with van der Waals surface area (Å²) in [4.78, 5) is 19.1. The maximum Gasteiger partial charge on any atom is 0.248 e. The van der Waals surface area contributed by atoms with Gasteiger partial charge in [-0.2, -0.15) is 5.26 Å². The van der Waals surface area contributed by atoms with Gasteiger partial charge in [-0.05, 0) is 38.2 Å². The number of pyridine rings is 1. The Kier molecular flexibility index (Phi) is 9.61. The summed E-state index contributed by atoms with van der Waals surface area (Å²) in [7, 11) is 3.61. The van der Waals surface area contributed by atoms with E-state index in [-0.39, 0.29) is 5.91 Å².